The number of rotatable bonds is 45. The number of phosphoric ester groups is 1. The first-order valence-corrected chi connectivity index (χ1v) is 28.3. The number of aliphatic hydroxyl groups is 3. The summed E-state index contributed by atoms with van der Waals surface area (Å²) in [4.78, 5) is 46.7. The summed E-state index contributed by atoms with van der Waals surface area (Å²) < 4.78 is 28.6. The van der Waals surface area contributed by atoms with Crippen LogP contribution in [0.15, 0.2) is 0 Å². The third-order valence-corrected chi connectivity index (χ3v) is 13.7. The van der Waals surface area contributed by atoms with Gasteiger partial charge in [0.25, 0.3) is 0 Å². The van der Waals surface area contributed by atoms with Crippen molar-refractivity contribution in [1.82, 2.24) is 5.32 Å². The van der Waals surface area contributed by atoms with Crippen LogP contribution in [0.1, 0.15) is 265 Å². The van der Waals surface area contributed by atoms with Crippen molar-refractivity contribution in [3.63, 3.8) is 0 Å². The van der Waals surface area contributed by atoms with Gasteiger partial charge in [-0.05, 0) is 25.2 Å². The Labute approximate surface area is 391 Å². The van der Waals surface area contributed by atoms with E-state index >= 15 is 0 Å². The van der Waals surface area contributed by atoms with E-state index in [9.17, 15) is 39.3 Å². The number of carbonyl (C=O) groups excluding carboxylic acids is 2. The first-order valence-electron chi connectivity index (χ1n) is 26.8. The molecule has 1 amide bonds. The van der Waals surface area contributed by atoms with Gasteiger partial charge in [-0.1, -0.05) is 233 Å². The molecule has 0 aliphatic carbocycles. The van der Waals surface area contributed by atoms with Crippen molar-refractivity contribution in [1.29, 1.82) is 0 Å². The quantitative estimate of drug-likeness (QED) is 0.0193. The predicted octanol–water partition coefficient (Wildman–Crippen LogP) is 12.4. The zero-order chi connectivity index (χ0) is 47.1. The van der Waals surface area contributed by atoms with Gasteiger partial charge in [0.2, 0.25) is 5.91 Å². The number of nitrogens with one attached hydrogen (secondary N) is 1. The van der Waals surface area contributed by atoms with Crippen LogP contribution in [0.25, 0.3) is 0 Å². The molecule has 6 N–H and O–H groups in total. The number of unbranched alkanes of at least 4 members (excludes halogenated alkanes) is 30. The van der Waals surface area contributed by atoms with E-state index in [2.05, 4.69) is 26.1 Å². The first kappa shape index (κ1) is 60.9. The molecule has 12 nitrogen and oxygen atoms in total. The molecule has 0 aromatic heterocycles. The molecule has 0 aromatic rings. The molecule has 7 atom stereocenters. The predicted molar refractivity (Wildman–Crippen MR) is 259 cm³/mol. The van der Waals surface area contributed by atoms with Crippen LogP contribution in [0.2, 0.25) is 0 Å². The van der Waals surface area contributed by atoms with Crippen LogP contribution in [-0.4, -0.2) is 80.3 Å². The van der Waals surface area contributed by atoms with Crippen LogP contribution in [-0.2, 0) is 28.2 Å². The van der Waals surface area contributed by atoms with Gasteiger partial charge in [-0.2, -0.15) is 0 Å². The van der Waals surface area contributed by atoms with Crippen molar-refractivity contribution < 1.29 is 53.3 Å². The number of phosphoric acid groups is 1. The molecular formula is C51H100NO11P. The van der Waals surface area contributed by atoms with Crippen LogP contribution in [0.5, 0.6) is 0 Å². The van der Waals surface area contributed by atoms with Crippen molar-refractivity contribution in [2.24, 2.45) is 5.92 Å². The number of carbonyl (C=O) groups is 2. The van der Waals surface area contributed by atoms with Gasteiger partial charge in [0, 0.05) is 6.42 Å². The fourth-order valence-corrected chi connectivity index (χ4v) is 9.80. The third kappa shape index (κ3) is 33.4. The molecule has 0 spiro atoms. The smallest absolute Gasteiger partial charge is 0.457 e. The fourth-order valence-electron chi connectivity index (χ4n) is 9.23. The Morgan fingerprint density at radius 3 is 1.28 bits per heavy atom. The van der Waals surface area contributed by atoms with Crippen LogP contribution in [0, 0.1) is 5.92 Å². The Kier molecular flexibility index (Phi) is 38.9. The Morgan fingerprint density at radius 1 is 0.562 bits per heavy atom. The highest BCUT2D eigenvalue weighted by Crippen LogP contribution is 2.42. The first-order chi connectivity index (χ1) is 30.9. The SMILES string of the molecule is CCCCCCCCCCCCCCCCC(CCCCCCCCCCCC)CC(=O)O[C@H]1[C@H](OP(=O)(O)O)[C@@H](CO)OC(O)[C@@H]1NC(=O)CC(O)CCCCCCCCCCC. The molecule has 1 heterocycles. The number of hydrogen-bond acceptors (Lipinski definition) is 9. The van der Waals surface area contributed by atoms with Crippen molar-refractivity contribution in [2.75, 3.05) is 6.61 Å². The summed E-state index contributed by atoms with van der Waals surface area (Å²) in [6.07, 6.45) is 34.3. The van der Waals surface area contributed by atoms with Crippen molar-refractivity contribution in [3.8, 4) is 0 Å². The van der Waals surface area contributed by atoms with E-state index in [1.165, 1.54) is 148 Å². The van der Waals surface area contributed by atoms with Crippen molar-refractivity contribution in [3.05, 3.63) is 0 Å². The minimum atomic E-state index is -5.21. The Hall–Kier alpha value is -1.11. The van der Waals surface area contributed by atoms with Crippen LogP contribution in [0.3, 0.4) is 0 Å². The Balaban J connectivity index is 2.86. The second-order valence-electron chi connectivity index (χ2n) is 19.3. The van der Waals surface area contributed by atoms with Gasteiger partial charge in [-0.3, -0.25) is 14.1 Å². The van der Waals surface area contributed by atoms with E-state index in [0.29, 0.717) is 6.42 Å². The lowest BCUT2D eigenvalue weighted by Gasteiger charge is -2.43. The standard InChI is InChI=1S/C51H100NO11P/c1-4-7-10-13-16-19-21-22-23-24-27-29-32-35-38-43(37-34-31-28-26-20-17-14-11-8-5-2)40-47(56)62-50-48(51(57)61-45(42-53)49(50)63-64(58,59)60)52-46(55)41-44(54)39-36-33-30-25-18-15-12-9-6-3/h43-45,48-51,53-54,57H,4-42H2,1-3H3,(H,52,55)(H2,58,59,60)/t43?,44?,45-,48-,49-,50-,51?/m1/s1. The molecule has 0 aromatic carbocycles. The largest absolute Gasteiger partial charge is 0.470 e. The van der Waals surface area contributed by atoms with E-state index in [4.69, 9.17) is 14.0 Å². The second-order valence-corrected chi connectivity index (χ2v) is 20.4. The summed E-state index contributed by atoms with van der Waals surface area (Å²) in [5.74, 6) is -1.25. The van der Waals surface area contributed by atoms with E-state index in [1.54, 1.807) is 0 Å². The number of hydrogen-bond donors (Lipinski definition) is 6. The van der Waals surface area contributed by atoms with E-state index in [1.807, 2.05) is 0 Å². The lowest BCUT2D eigenvalue weighted by Crippen LogP contribution is -2.65. The summed E-state index contributed by atoms with van der Waals surface area (Å²) in [5, 5.41) is 34.4. The number of ether oxygens (including phenoxy) is 2. The second kappa shape index (κ2) is 40.9. The van der Waals surface area contributed by atoms with E-state index < -0.39 is 63.1 Å². The van der Waals surface area contributed by atoms with Gasteiger partial charge >= 0.3 is 13.8 Å². The highest BCUT2D eigenvalue weighted by Gasteiger charge is 2.51. The zero-order valence-corrected chi connectivity index (χ0v) is 42.1. The highest BCUT2D eigenvalue weighted by molar-refractivity contribution is 7.46. The number of aliphatic hydroxyl groups excluding tert-OH is 3. The van der Waals surface area contributed by atoms with Gasteiger partial charge < -0.3 is 39.9 Å². The van der Waals surface area contributed by atoms with Gasteiger partial charge in [0.1, 0.15) is 18.2 Å². The van der Waals surface area contributed by atoms with Gasteiger partial charge in [0.05, 0.1) is 19.1 Å². The van der Waals surface area contributed by atoms with E-state index in [-0.39, 0.29) is 18.8 Å². The maximum atomic E-state index is 13.8. The summed E-state index contributed by atoms with van der Waals surface area (Å²) in [7, 11) is -5.21. The van der Waals surface area contributed by atoms with Gasteiger partial charge in [0.15, 0.2) is 12.4 Å². The molecule has 1 rings (SSSR count). The molecule has 1 aliphatic heterocycles. The molecular weight excluding hydrogens is 834 g/mol. The Morgan fingerprint density at radius 2 is 0.922 bits per heavy atom. The Bertz CT molecular complexity index is 1140. The average molecular weight is 934 g/mol. The maximum Gasteiger partial charge on any atom is 0.470 e. The van der Waals surface area contributed by atoms with Crippen molar-refractivity contribution in [2.45, 2.75) is 302 Å². The molecule has 1 saturated heterocycles. The molecule has 0 radical (unpaired) electrons. The molecule has 13 heteroatoms. The monoisotopic (exact) mass is 934 g/mol. The molecule has 64 heavy (non-hydrogen) atoms. The van der Waals surface area contributed by atoms with E-state index in [0.717, 1.165) is 77.0 Å². The minimum Gasteiger partial charge on any atom is -0.457 e. The molecule has 380 valence electrons. The molecule has 1 fully saturated rings. The van der Waals surface area contributed by atoms with Gasteiger partial charge in [-0.15, -0.1) is 0 Å². The number of esters is 1. The fraction of sp³-hybridized carbons (Fsp3) is 0.961. The lowest BCUT2D eigenvalue weighted by molar-refractivity contribution is -0.256. The summed E-state index contributed by atoms with van der Waals surface area (Å²) >= 11 is 0. The van der Waals surface area contributed by atoms with Crippen LogP contribution in [0.4, 0.5) is 0 Å². The molecule has 0 saturated carbocycles. The highest BCUT2D eigenvalue weighted by atomic mass is 31.2. The summed E-state index contributed by atoms with van der Waals surface area (Å²) in [6, 6.07) is -1.47. The van der Waals surface area contributed by atoms with Crippen LogP contribution >= 0.6 is 7.82 Å². The summed E-state index contributed by atoms with van der Waals surface area (Å²) in [5.41, 5.74) is 0. The molecule has 0 bridgehead atoms. The summed E-state index contributed by atoms with van der Waals surface area (Å²) in [6.45, 7) is 5.89. The van der Waals surface area contributed by atoms with Crippen molar-refractivity contribution >= 4 is 19.7 Å². The lowest BCUT2D eigenvalue weighted by atomic mass is 9.91. The normalized spacial score (nSPS) is 20.0. The van der Waals surface area contributed by atoms with Crippen LogP contribution < -0.4 is 5.32 Å². The molecule has 1 aliphatic rings. The average Bonchev–Trinajstić information content (AvgIpc) is 3.25. The number of amides is 1. The zero-order valence-electron chi connectivity index (χ0n) is 41.3. The topological polar surface area (TPSA) is 192 Å². The molecule has 3 unspecified atom stereocenters. The minimum absolute atomic E-state index is 0.0303. The third-order valence-electron chi connectivity index (χ3n) is 13.1. The maximum absolute atomic E-state index is 13.8. The van der Waals surface area contributed by atoms with Gasteiger partial charge in [-0.25, -0.2) is 4.57 Å².